The maximum Gasteiger partial charge on any atom is 0.406 e. The van der Waals surface area contributed by atoms with Crippen molar-refractivity contribution in [2.24, 2.45) is 0 Å². The van der Waals surface area contributed by atoms with Crippen LogP contribution in [0.25, 0.3) is 0 Å². The van der Waals surface area contributed by atoms with Crippen molar-refractivity contribution in [2.75, 3.05) is 7.11 Å². The first-order valence-corrected chi connectivity index (χ1v) is 7.38. The molecule has 0 radical (unpaired) electrons. The van der Waals surface area contributed by atoms with Crippen LogP contribution >= 0.6 is 11.6 Å². The topological polar surface area (TPSA) is 55.4 Å². The Labute approximate surface area is 119 Å². The van der Waals surface area contributed by atoms with Crippen LogP contribution in [0, 0.1) is 0 Å². The second-order valence-corrected chi connectivity index (χ2v) is 6.53. The first kappa shape index (κ1) is 17.1. The molecule has 0 heterocycles. The SMILES string of the molecule is COc1ccc(Cl)cc1CNS(=O)(=O)[C@H](C)C(F)(F)F. The molecule has 0 fully saturated rings. The van der Waals surface area contributed by atoms with Crippen LogP contribution in [0.2, 0.25) is 5.02 Å². The van der Waals surface area contributed by atoms with Gasteiger partial charge in [-0.2, -0.15) is 13.2 Å². The van der Waals surface area contributed by atoms with Crippen molar-refractivity contribution in [3.8, 4) is 5.75 Å². The predicted octanol–water partition coefficient (Wildman–Crippen LogP) is 2.72. The van der Waals surface area contributed by atoms with E-state index in [1.165, 1.54) is 25.3 Å². The molecule has 1 atom stereocenters. The Morgan fingerprint density at radius 3 is 2.50 bits per heavy atom. The van der Waals surface area contributed by atoms with E-state index in [9.17, 15) is 21.6 Å². The largest absolute Gasteiger partial charge is 0.496 e. The molecule has 9 heteroatoms. The lowest BCUT2D eigenvalue weighted by Gasteiger charge is -2.17. The average Bonchev–Trinajstić information content (AvgIpc) is 2.34. The van der Waals surface area contributed by atoms with Crippen molar-refractivity contribution in [3.05, 3.63) is 28.8 Å². The third-order valence-electron chi connectivity index (χ3n) is 2.63. The Kier molecular flexibility index (Phi) is 5.28. The highest BCUT2D eigenvalue weighted by Gasteiger charge is 2.44. The summed E-state index contributed by atoms with van der Waals surface area (Å²) in [5.74, 6) is 0.330. The van der Waals surface area contributed by atoms with E-state index in [1.54, 1.807) is 0 Å². The highest BCUT2D eigenvalue weighted by atomic mass is 35.5. The Balaban J connectivity index is 2.89. The van der Waals surface area contributed by atoms with Crippen LogP contribution in [0.15, 0.2) is 18.2 Å². The lowest BCUT2D eigenvalue weighted by atomic mass is 10.2. The highest BCUT2D eigenvalue weighted by Crippen LogP contribution is 2.26. The van der Waals surface area contributed by atoms with Gasteiger partial charge < -0.3 is 4.74 Å². The molecule has 1 aromatic carbocycles. The second kappa shape index (κ2) is 6.19. The standard InChI is InChI=1S/C11H13ClF3NO3S/c1-7(11(13,14)15)20(17,18)16-6-8-5-9(12)3-4-10(8)19-2/h3-5,7,16H,6H2,1-2H3/t7-/m1/s1. The zero-order chi connectivity index (χ0) is 15.6. The summed E-state index contributed by atoms with van der Waals surface area (Å²) in [4.78, 5) is 0. The van der Waals surface area contributed by atoms with E-state index in [1.807, 2.05) is 4.72 Å². The van der Waals surface area contributed by atoms with Crippen molar-refractivity contribution in [3.63, 3.8) is 0 Å². The maximum atomic E-state index is 12.4. The van der Waals surface area contributed by atoms with Crippen molar-refractivity contribution in [1.29, 1.82) is 0 Å². The molecule has 0 aliphatic carbocycles. The minimum atomic E-state index is -4.83. The van der Waals surface area contributed by atoms with Gasteiger partial charge in [-0.3, -0.25) is 0 Å². The number of methoxy groups -OCH3 is 1. The van der Waals surface area contributed by atoms with Crippen molar-refractivity contribution < 1.29 is 26.3 Å². The fourth-order valence-corrected chi connectivity index (χ4v) is 2.52. The van der Waals surface area contributed by atoms with Gasteiger partial charge in [-0.05, 0) is 25.1 Å². The van der Waals surface area contributed by atoms with E-state index in [2.05, 4.69) is 0 Å². The molecule has 0 aliphatic heterocycles. The van der Waals surface area contributed by atoms with Crippen molar-refractivity contribution >= 4 is 21.6 Å². The number of hydrogen-bond donors (Lipinski definition) is 1. The van der Waals surface area contributed by atoms with Gasteiger partial charge in [0.05, 0.1) is 7.11 Å². The van der Waals surface area contributed by atoms with Gasteiger partial charge in [0.2, 0.25) is 10.0 Å². The van der Waals surface area contributed by atoms with Gasteiger partial charge in [-0.25, -0.2) is 13.1 Å². The summed E-state index contributed by atoms with van der Waals surface area (Å²) >= 11 is 5.75. The van der Waals surface area contributed by atoms with Gasteiger partial charge in [0, 0.05) is 17.1 Å². The molecular formula is C11H13ClF3NO3S. The smallest absolute Gasteiger partial charge is 0.406 e. The Morgan fingerprint density at radius 1 is 1.40 bits per heavy atom. The molecule has 0 spiro atoms. The van der Waals surface area contributed by atoms with Crippen LogP contribution in [-0.4, -0.2) is 27.0 Å². The summed E-state index contributed by atoms with van der Waals surface area (Å²) < 4.78 is 67.2. The molecule has 0 saturated heterocycles. The van der Waals surface area contributed by atoms with Crippen molar-refractivity contribution in [2.45, 2.75) is 24.9 Å². The molecule has 0 saturated carbocycles. The maximum absolute atomic E-state index is 12.4. The summed E-state index contributed by atoms with van der Waals surface area (Å²) in [5, 5.41) is -2.18. The molecule has 4 nitrogen and oxygen atoms in total. The Morgan fingerprint density at radius 2 is 2.00 bits per heavy atom. The summed E-state index contributed by atoms with van der Waals surface area (Å²) in [6, 6.07) is 4.44. The lowest BCUT2D eigenvalue weighted by Crippen LogP contribution is -2.41. The van der Waals surface area contributed by atoms with E-state index in [0.717, 1.165) is 0 Å². The van der Waals surface area contributed by atoms with E-state index < -0.39 is 21.4 Å². The first-order valence-electron chi connectivity index (χ1n) is 5.45. The molecule has 0 unspecified atom stereocenters. The van der Waals surface area contributed by atoms with E-state index >= 15 is 0 Å². The summed E-state index contributed by atoms with van der Waals surface area (Å²) in [6.07, 6.45) is -4.83. The molecule has 20 heavy (non-hydrogen) atoms. The molecule has 1 rings (SSSR count). The number of rotatable bonds is 5. The van der Waals surface area contributed by atoms with E-state index in [-0.39, 0.29) is 6.54 Å². The zero-order valence-corrected chi connectivity index (χ0v) is 12.2. The van der Waals surface area contributed by atoms with E-state index in [4.69, 9.17) is 16.3 Å². The second-order valence-electron chi connectivity index (χ2n) is 4.01. The van der Waals surface area contributed by atoms with Crippen LogP contribution in [0.5, 0.6) is 5.75 Å². The fourth-order valence-electron chi connectivity index (χ4n) is 1.36. The minimum Gasteiger partial charge on any atom is -0.496 e. The predicted molar refractivity (Wildman–Crippen MR) is 69.3 cm³/mol. The molecule has 0 amide bonds. The van der Waals surface area contributed by atoms with Gasteiger partial charge in [-0.15, -0.1) is 0 Å². The van der Waals surface area contributed by atoms with Crippen LogP contribution in [0.3, 0.4) is 0 Å². The van der Waals surface area contributed by atoms with Gasteiger partial charge in [0.1, 0.15) is 5.75 Å². The van der Waals surface area contributed by atoms with Gasteiger partial charge in [0.15, 0.2) is 5.25 Å². The van der Waals surface area contributed by atoms with Crippen LogP contribution in [-0.2, 0) is 16.6 Å². The number of hydrogen-bond acceptors (Lipinski definition) is 3. The summed E-state index contributed by atoms with van der Waals surface area (Å²) in [7, 11) is -3.17. The molecule has 0 aromatic heterocycles. The van der Waals surface area contributed by atoms with Crippen molar-refractivity contribution in [1.82, 2.24) is 4.72 Å². The average molecular weight is 332 g/mol. The van der Waals surface area contributed by atoms with Gasteiger partial charge in [0.25, 0.3) is 0 Å². The van der Waals surface area contributed by atoms with E-state index in [0.29, 0.717) is 23.3 Å². The minimum absolute atomic E-state index is 0.323. The monoisotopic (exact) mass is 331 g/mol. The number of halogens is 4. The number of ether oxygens (including phenoxy) is 1. The molecule has 1 aromatic rings. The number of sulfonamides is 1. The number of nitrogens with one attached hydrogen (secondary N) is 1. The van der Waals surface area contributed by atoms with Gasteiger partial charge >= 0.3 is 6.18 Å². The summed E-state index contributed by atoms with van der Waals surface area (Å²) in [6.45, 7) is 0.240. The first-order chi connectivity index (χ1) is 9.08. The third kappa shape index (κ3) is 4.26. The lowest BCUT2D eigenvalue weighted by molar-refractivity contribution is -0.127. The molecule has 0 aliphatic rings. The highest BCUT2D eigenvalue weighted by molar-refractivity contribution is 7.90. The molecule has 0 bridgehead atoms. The fraction of sp³-hybridized carbons (Fsp3) is 0.455. The van der Waals surface area contributed by atoms with Gasteiger partial charge in [-0.1, -0.05) is 11.6 Å². The van der Waals surface area contributed by atoms with Crippen LogP contribution in [0.1, 0.15) is 12.5 Å². The Hall–Kier alpha value is -0.990. The Bertz CT molecular complexity index is 575. The quantitative estimate of drug-likeness (QED) is 0.902. The molecule has 114 valence electrons. The summed E-state index contributed by atoms with van der Waals surface area (Å²) in [5.41, 5.74) is 0.345. The van der Waals surface area contributed by atoms with Crippen LogP contribution < -0.4 is 9.46 Å². The molecular weight excluding hydrogens is 319 g/mol. The normalized spacial score (nSPS) is 14.1. The number of benzene rings is 1. The molecule has 1 N–H and O–H groups in total. The zero-order valence-electron chi connectivity index (χ0n) is 10.7. The van der Waals surface area contributed by atoms with Crippen LogP contribution in [0.4, 0.5) is 13.2 Å². The third-order valence-corrected chi connectivity index (χ3v) is 4.61. The number of alkyl halides is 3.